The number of Topliss-reactive ketones (excluding diaryl/α,β-unsaturated/α-hetero) is 1. The van der Waals surface area contributed by atoms with E-state index in [2.05, 4.69) is 31.5 Å². The zero-order valence-corrected chi connectivity index (χ0v) is 24.7. The van der Waals surface area contributed by atoms with Crippen molar-refractivity contribution in [2.75, 3.05) is 25.9 Å². The van der Waals surface area contributed by atoms with Gasteiger partial charge in [-0.25, -0.2) is 24.5 Å². The number of nitrogen functional groups attached to an aromatic ring is 1. The van der Waals surface area contributed by atoms with Gasteiger partial charge in [0.1, 0.15) is 29.6 Å². The van der Waals surface area contributed by atoms with E-state index in [1.54, 1.807) is 17.0 Å². The number of fused-ring (bicyclic) bond motifs is 1. The van der Waals surface area contributed by atoms with Crippen LogP contribution in [0.4, 0.5) is 10.6 Å². The van der Waals surface area contributed by atoms with Gasteiger partial charge in [0, 0.05) is 25.9 Å². The number of ketones is 1. The average Bonchev–Trinajstić information content (AvgIpc) is 3.68. The largest absolute Gasteiger partial charge is 0.465 e. The van der Waals surface area contributed by atoms with Crippen LogP contribution in [0.2, 0.25) is 0 Å². The Morgan fingerprint density at radius 1 is 1.04 bits per heavy atom. The number of methoxy groups -OCH3 is 1. The Morgan fingerprint density at radius 3 is 2.47 bits per heavy atom. The van der Waals surface area contributed by atoms with E-state index in [0.717, 1.165) is 25.7 Å². The zero-order valence-electron chi connectivity index (χ0n) is 24.7. The summed E-state index contributed by atoms with van der Waals surface area (Å²) < 4.78 is 17.4. The molecule has 0 spiro atoms. The number of nitrogens with zero attached hydrogens (tertiary/aromatic N) is 5. The highest BCUT2D eigenvalue weighted by atomic mass is 16.6. The Balaban J connectivity index is 1.05. The third-order valence-corrected chi connectivity index (χ3v) is 8.41. The van der Waals surface area contributed by atoms with Crippen molar-refractivity contribution in [1.29, 1.82) is 0 Å². The summed E-state index contributed by atoms with van der Waals surface area (Å²) in [6, 6.07) is 6.16. The molecule has 1 aliphatic carbocycles. The molecular formula is C31H34N6O8. The third-order valence-electron chi connectivity index (χ3n) is 8.41. The molecular weight excluding hydrogens is 584 g/mol. The van der Waals surface area contributed by atoms with Crippen LogP contribution in [0.15, 0.2) is 30.6 Å². The van der Waals surface area contributed by atoms with Gasteiger partial charge in [-0.1, -0.05) is 5.92 Å². The number of carbonyl (C=O) groups is 3. The first-order valence-corrected chi connectivity index (χ1v) is 14.9. The van der Waals surface area contributed by atoms with Crippen LogP contribution in [-0.2, 0) is 14.3 Å². The summed E-state index contributed by atoms with van der Waals surface area (Å²) in [6.07, 6.45) is 0.298. The van der Waals surface area contributed by atoms with Crippen molar-refractivity contribution < 1.29 is 38.8 Å². The SMILES string of the molecule is COC(=O)c1ccc(OC(=O)N2CCC(CC#Cc3nc(N)c4ncn([C@@H]5O[C@H](C(=O)CC6CC6)C(O)[C@@H]5O)c4n3)CC2)cc1. The number of hydrogen-bond donors (Lipinski definition) is 3. The van der Waals surface area contributed by atoms with Gasteiger partial charge in [0.25, 0.3) is 0 Å². The maximum atomic E-state index is 12.6. The molecule has 1 amide bonds. The van der Waals surface area contributed by atoms with E-state index in [0.29, 0.717) is 43.2 Å². The zero-order chi connectivity index (χ0) is 31.7. The van der Waals surface area contributed by atoms with Gasteiger partial charge in [-0.2, -0.15) is 0 Å². The number of rotatable bonds is 7. The fourth-order valence-electron chi connectivity index (χ4n) is 5.59. The first-order chi connectivity index (χ1) is 21.7. The second kappa shape index (κ2) is 12.8. The van der Waals surface area contributed by atoms with Crippen molar-refractivity contribution in [3.8, 4) is 17.6 Å². The molecule has 0 bridgehead atoms. The van der Waals surface area contributed by atoms with Crippen LogP contribution in [0.3, 0.4) is 0 Å². The number of hydrogen-bond acceptors (Lipinski definition) is 12. The normalized spacial score (nSPS) is 23.4. The van der Waals surface area contributed by atoms with Crippen LogP contribution in [0.1, 0.15) is 60.9 Å². The van der Waals surface area contributed by atoms with E-state index >= 15 is 0 Å². The summed E-state index contributed by atoms with van der Waals surface area (Å²) >= 11 is 0. The smallest absolute Gasteiger partial charge is 0.415 e. The number of nitrogens with two attached hydrogens (primary N) is 1. The van der Waals surface area contributed by atoms with Crippen molar-refractivity contribution in [1.82, 2.24) is 24.4 Å². The lowest BCUT2D eigenvalue weighted by Gasteiger charge is -2.30. The molecule has 3 aliphatic rings. The van der Waals surface area contributed by atoms with Gasteiger partial charge in [0.15, 0.2) is 23.5 Å². The third kappa shape index (κ3) is 6.60. The predicted octanol–water partition coefficient (Wildman–Crippen LogP) is 1.84. The second-order valence-corrected chi connectivity index (χ2v) is 11.6. The lowest BCUT2D eigenvalue weighted by Crippen LogP contribution is -2.40. The number of amides is 1. The average molecular weight is 619 g/mol. The van der Waals surface area contributed by atoms with Gasteiger partial charge < -0.3 is 35.1 Å². The van der Waals surface area contributed by atoms with Gasteiger partial charge in [-0.3, -0.25) is 9.36 Å². The first kappa shape index (κ1) is 30.4. The number of esters is 1. The standard InChI is InChI=1S/C31H34N6O8/c1-43-30(41)19-7-9-20(10-8-19)44-31(42)36-13-11-17(12-14-36)3-2-4-22-34-27(32)23-28(35-22)37(16-33-23)29-25(40)24(39)26(45-29)21(38)15-18-5-6-18/h7-10,16-18,24-26,29,39-40H,3,5-6,11-15H2,1H3,(H2,32,34,35)/t24?,25-,26+,29+/m0/s1. The van der Waals surface area contributed by atoms with Gasteiger partial charge in [-0.15, -0.1) is 0 Å². The topological polar surface area (TPSA) is 192 Å². The molecule has 1 saturated carbocycles. The number of aromatic nitrogens is 4. The Morgan fingerprint density at radius 2 is 1.78 bits per heavy atom. The lowest BCUT2D eigenvalue weighted by molar-refractivity contribution is -0.135. The fraction of sp³-hybridized carbons (Fsp3) is 0.484. The monoisotopic (exact) mass is 618 g/mol. The number of aliphatic hydroxyl groups excluding tert-OH is 2. The van der Waals surface area contributed by atoms with Crippen molar-refractivity contribution in [3.63, 3.8) is 0 Å². The highest BCUT2D eigenvalue weighted by Crippen LogP contribution is 2.37. The van der Waals surface area contributed by atoms with Crippen LogP contribution < -0.4 is 10.5 Å². The molecule has 0 radical (unpaired) electrons. The molecule has 14 nitrogen and oxygen atoms in total. The van der Waals surface area contributed by atoms with Crippen LogP contribution in [-0.4, -0.2) is 91.0 Å². The van der Waals surface area contributed by atoms with Crippen LogP contribution in [0.25, 0.3) is 11.2 Å². The minimum absolute atomic E-state index is 0.101. The Kier molecular flexibility index (Phi) is 8.66. The van der Waals surface area contributed by atoms with E-state index in [1.165, 1.54) is 30.1 Å². The van der Waals surface area contributed by atoms with Gasteiger partial charge >= 0.3 is 12.1 Å². The number of aliphatic hydroxyl groups is 2. The van der Waals surface area contributed by atoms with Crippen LogP contribution in [0.5, 0.6) is 5.75 Å². The molecule has 45 heavy (non-hydrogen) atoms. The summed E-state index contributed by atoms with van der Waals surface area (Å²) in [5, 5.41) is 21.3. The maximum Gasteiger partial charge on any atom is 0.415 e. The van der Waals surface area contributed by atoms with Crippen molar-refractivity contribution in [2.45, 2.75) is 63.1 Å². The van der Waals surface area contributed by atoms with E-state index in [9.17, 15) is 24.6 Å². The molecule has 6 rings (SSSR count). The molecule has 1 unspecified atom stereocenters. The Hall–Kier alpha value is -4.58. The van der Waals surface area contributed by atoms with E-state index < -0.39 is 36.6 Å². The molecule has 4 atom stereocenters. The summed E-state index contributed by atoms with van der Waals surface area (Å²) in [7, 11) is 1.30. The molecule has 236 valence electrons. The summed E-state index contributed by atoms with van der Waals surface area (Å²) in [5.74, 6) is 6.54. The predicted molar refractivity (Wildman–Crippen MR) is 158 cm³/mol. The summed E-state index contributed by atoms with van der Waals surface area (Å²) in [5.41, 5.74) is 7.06. The van der Waals surface area contributed by atoms with Crippen LogP contribution >= 0.6 is 0 Å². The Bertz CT molecular complexity index is 1650. The maximum absolute atomic E-state index is 12.6. The summed E-state index contributed by atoms with van der Waals surface area (Å²) in [6.45, 7) is 1.03. The molecule has 14 heteroatoms. The molecule has 2 saturated heterocycles. The van der Waals surface area contributed by atoms with Crippen LogP contribution in [0, 0.1) is 23.7 Å². The van der Waals surface area contributed by atoms with Gasteiger partial charge in [0.05, 0.1) is 19.0 Å². The molecule has 2 aromatic heterocycles. The lowest BCUT2D eigenvalue weighted by atomic mass is 9.94. The second-order valence-electron chi connectivity index (χ2n) is 11.6. The number of carbonyl (C=O) groups excluding carboxylic acids is 3. The molecule has 3 aromatic rings. The van der Waals surface area contributed by atoms with Crippen molar-refractivity contribution >= 4 is 34.8 Å². The van der Waals surface area contributed by atoms with Crippen molar-refractivity contribution in [3.05, 3.63) is 42.0 Å². The first-order valence-electron chi connectivity index (χ1n) is 14.9. The number of imidazole rings is 1. The number of likely N-dealkylation sites (tertiary alicyclic amines) is 1. The summed E-state index contributed by atoms with van der Waals surface area (Å²) in [4.78, 5) is 51.5. The van der Waals surface area contributed by atoms with E-state index in [-0.39, 0.29) is 34.5 Å². The van der Waals surface area contributed by atoms with Gasteiger partial charge in [0.2, 0.25) is 5.82 Å². The number of ether oxygens (including phenoxy) is 3. The molecule has 4 heterocycles. The number of benzene rings is 1. The Labute approximate surface area is 258 Å². The van der Waals surface area contributed by atoms with Gasteiger partial charge in [-0.05, 0) is 67.7 Å². The van der Waals surface area contributed by atoms with Crippen molar-refractivity contribution in [2.24, 2.45) is 11.8 Å². The minimum Gasteiger partial charge on any atom is -0.465 e. The molecule has 3 fully saturated rings. The fourth-order valence-corrected chi connectivity index (χ4v) is 5.59. The number of piperidine rings is 1. The number of anilines is 1. The van der Waals surface area contributed by atoms with E-state index in [1.807, 2.05) is 0 Å². The molecule has 4 N–H and O–H groups in total. The highest BCUT2D eigenvalue weighted by molar-refractivity contribution is 5.89. The quantitative estimate of drug-likeness (QED) is 0.257. The van der Waals surface area contributed by atoms with E-state index in [4.69, 9.17) is 15.2 Å². The minimum atomic E-state index is -1.37. The molecule has 1 aromatic carbocycles. The highest BCUT2D eigenvalue weighted by Gasteiger charge is 2.48. The molecule has 2 aliphatic heterocycles.